The Hall–Kier alpha value is -0.280. The van der Waals surface area contributed by atoms with Gasteiger partial charge in [-0.2, -0.15) is 0 Å². The van der Waals surface area contributed by atoms with Crippen LogP contribution in [0.25, 0.3) is 0 Å². The first-order chi connectivity index (χ1) is 4.57. The number of alkyl halides is 1. The van der Waals surface area contributed by atoms with Gasteiger partial charge in [0.1, 0.15) is 6.04 Å². The first kappa shape index (κ1) is 9.72. The maximum absolute atomic E-state index is 10.7. The molecule has 0 bridgehead atoms. The van der Waals surface area contributed by atoms with Crippen LogP contribution in [0.4, 0.5) is 0 Å². The van der Waals surface area contributed by atoms with Crippen LogP contribution in [0.5, 0.6) is 0 Å². The van der Waals surface area contributed by atoms with Gasteiger partial charge in [-0.05, 0) is 29.5 Å². The summed E-state index contributed by atoms with van der Waals surface area (Å²) in [6.07, 6.45) is 4.94. The van der Waals surface area contributed by atoms with Crippen LogP contribution in [0.1, 0.15) is 6.92 Å². The lowest BCUT2D eigenvalue weighted by molar-refractivity contribution is -0.143. The molecular weight excluding hydrogens is 245 g/mol. The predicted octanol–water partition coefficient (Wildman–Crippen LogP) is 0.271. The molecule has 0 rings (SSSR count). The van der Waals surface area contributed by atoms with Crippen molar-refractivity contribution in [1.82, 2.24) is 0 Å². The van der Waals surface area contributed by atoms with E-state index in [0.717, 1.165) is 0 Å². The summed E-state index contributed by atoms with van der Waals surface area (Å²) in [5.41, 5.74) is 5.19. The third kappa shape index (κ3) is 3.69. The minimum Gasteiger partial charge on any atom is -0.438 e. The lowest BCUT2D eigenvalue weighted by Gasteiger charge is -2.07. The van der Waals surface area contributed by atoms with Gasteiger partial charge in [0.15, 0.2) is 0 Å². The van der Waals surface area contributed by atoms with Crippen LogP contribution in [0.15, 0.2) is 0 Å². The molecule has 2 N–H and O–H groups in total. The summed E-state index contributed by atoms with van der Waals surface area (Å²) in [6, 6.07) is -0.606. The molecule has 0 saturated carbocycles. The van der Waals surface area contributed by atoms with Crippen molar-refractivity contribution < 1.29 is 9.53 Å². The molecule has 4 heteroatoms. The molecule has 0 aromatic heterocycles. The zero-order chi connectivity index (χ0) is 8.15. The molecule has 3 nitrogen and oxygen atoms in total. The van der Waals surface area contributed by atoms with E-state index in [9.17, 15) is 4.79 Å². The van der Waals surface area contributed by atoms with Gasteiger partial charge in [0.2, 0.25) is 4.11 Å². The van der Waals surface area contributed by atoms with Gasteiger partial charge in [0.25, 0.3) is 0 Å². The number of halogens is 1. The molecule has 0 fully saturated rings. The van der Waals surface area contributed by atoms with Crippen molar-refractivity contribution in [2.24, 2.45) is 5.73 Å². The second-order valence-corrected chi connectivity index (χ2v) is 2.84. The molecule has 10 heavy (non-hydrogen) atoms. The number of hydrogen-bond acceptors (Lipinski definition) is 3. The number of ether oxygens (including phenoxy) is 1. The summed E-state index contributed by atoms with van der Waals surface area (Å²) in [5.74, 6) is 1.76. The first-order valence-corrected chi connectivity index (χ1v) is 3.88. The second kappa shape index (κ2) is 4.52. The second-order valence-electron chi connectivity index (χ2n) is 1.71. The molecule has 2 atom stereocenters. The van der Waals surface area contributed by atoms with Gasteiger partial charge in [-0.1, -0.05) is 5.92 Å². The number of rotatable bonds is 2. The zero-order valence-electron chi connectivity index (χ0n) is 5.50. The predicted molar refractivity (Wildman–Crippen MR) is 46.4 cm³/mol. The highest BCUT2D eigenvalue weighted by molar-refractivity contribution is 14.1. The largest absolute Gasteiger partial charge is 0.438 e. The molecule has 0 aliphatic carbocycles. The number of carbonyl (C=O) groups is 1. The number of carbonyl (C=O) groups excluding carboxylic acids is 1. The smallest absolute Gasteiger partial charge is 0.324 e. The standard InChI is InChI=1S/C6H8INO2/c1-3-5(7)10-6(9)4(2)8/h1,4-5H,8H2,2H3. The minimum absolute atomic E-state index is 0.475. The van der Waals surface area contributed by atoms with Crippen molar-refractivity contribution in [3.05, 3.63) is 0 Å². The van der Waals surface area contributed by atoms with E-state index in [2.05, 4.69) is 10.7 Å². The fourth-order valence-electron chi connectivity index (χ4n) is 0.243. The molecule has 0 spiro atoms. The van der Waals surface area contributed by atoms with Gasteiger partial charge in [0.05, 0.1) is 0 Å². The zero-order valence-corrected chi connectivity index (χ0v) is 7.66. The lowest BCUT2D eigenvalue weighted by atomic mass is 10.4. The quantitative estimate of drug-likeness (QED) is 0.332. The molecule has 0 aliphatic heterocycles. The Kier molecular flexibility index (Phi) is 4.40. The van der Waals surface area contributed by atoms with Gasteiger partial charge < -0.3 is 10.5 Å². The maximum Gasteiger partial charge on any atom is 0.324 e. The topological polar surface area (TPSA) is 52.3 Å². The van der Waals surface area contributed by atoms with E-state index in [-0.39, 0.29) is 0 Å². The summed E-state index contributed by atoms with van der Waals surface area (Å²) in [6.45, 7) is 1.54. The van der Waals surface area contributed by atoms with E-state index >= 15 is 0 Å². The van der Waals surface area contributed by atoms with Crippen LogP contribution in [-0.4, -0.2) is 16.1 Å². The number of nitrogens with two attached hydrogens (primary N) is 1. The summed E-state index contributed by atoms with van der Waals surface area (Å²) < 4.78 is 4.13. The van der Waals surface area contributed by atoms with Gasteiger partial charge in [-0.3, -0.25) is 4.79 Å². The first-order valence-electron chi connectivity index (χ1n) is 2.64. The summed E-state index contributed by atoms with van der Waals surface area (Å²) >= 11 is 1.82. The molecule has 0 aromatic rings. The van der Waals surface area contributed by atoms with E-state index in [1.165, 1.54) is 0 Å². The van der Waals surface area contributed by atoms with E-state index in [1.54, 1.807) is 6.92 Å². The number of terminal acetylenes is 1. The van der Waals surface area contributed by atoms with Gasteiger partial charge >= 0.3 is 5.97 Å². The van der Waals surface area contributed by atoms with E-state index in [0.29, 0.717) is 0 Å². The van der Waals surface area contributed by atoms with Crippen molar-refractivity contribution in [3.63, 3.8) is 0 Å². The Morgan fingerprint density at radius 2 is 2.40 bits per heavy atom. The van der Waals surface area contributed by atoms with E-state index in [1.807, 2.05) is 22.6 Å². The van der Waals surface area contributed by atoms with Crippen molar-refractivity contribution in [2.45, 2.75) is 17.1 Å². The lowest BCUT2D eigenvalue weighted by Crippen LogP contribution is -2.30. The molecule has 0 amide bonds. The molecule has 2 unspecified atom stereocenters. The van der Waals surface area contributed by atoms with Crippen LogP contribution in [0.3, 0.4) is 0 Å². The van der Waals surface area contributed by atoms with E-state index in [4.69, 9.17) is 12.2 Å². The number of esters is 1. The Bertz CT molecular complexity index is 162. The molecule has 0 aromatic carbocycles. The van der Waals surface area contributed by atoms with Crippen molar-refractivity contribution in [1.29, 1.82) is 0 Å². The highest BCUT2D eigenvalue weighted by atomic mass is 127. The van der Waals surface area contributed by atoms with Crippen molar-refractivity contribution in [3.8, 4) is 12.3 Å². The fraction of sp³-hybridized carbons (Fsp3) is 0.500. The highest BCUT2D eigenvalue weighted by Gasteiger charge is 2.11. The highest BCUT2D eigenvalue weighted by Crippen LogP contribution is 2.01. The average molecular weight is 253 g/mol. The molecule has 0 heterocycles. The molecule has 0 radical (unpaired) electrons. The minimum atomic E-state index is -0.606. The van der Waals surface area contributed by atoms with Crippen LogP contribution >= 0.6 is 22.6 Å². The summed E-state index contributed by atoms with van der Waals surface area (Å²) in [4.78, 5) is 10.7. The maximum atomic E-state index is 10.7. The fourth-order valence-corrected chi connectivity index (χ4v) is 0.494. The molecule has 0 aliphatic rings. The number of hydrogen-bond donors (Lipinski definition) is 1. The van der Waals surface area contributed by atoms with Gasteiger partial charge in [0, 0.05) is 0 Å². The Morgan fingerprint density at radius 3 is 2.70 bits per heavy atom. The molecule has 0 saturated heterocycles. The third-order valence-electron chi connectivity index (χ3n) is 0.722. The van der Waals surface area contributed by atoms with Crippen LogP contribution in [0.2, 0.25) is 0 Å². The van der Waals surface area contributed by atoms with Crippen molar-refractivity contribution in [2.75, 3.05) is 0 Å². The summed E-state index contributed by atoms with van der Waals surface area (Å²) in [5, 5.41) is 0. The third-order valence-corrected chi connectivity index (χ3v) is 1.34. The molecule has 56 valence electrons. The van der Waals surface area contributed by atoms with E-state index < -0.39 is 16.1 Å². The normalized spacial score (nSPS) is 15.0. The van der Waals surface area contributed by atoms with Crippen molar-refractivity contribution >= 4 is 28.6 Å². The van der Waals surface area contributed by atoms with Crippen LogP contribution in [-0.2, 0) is 9.53 Å². The van der Waals surface area contributed by atoms with Gasteiger partial charge in [-0.15, -0.1) is 6.42 Å². The SMILES string of the molecule is C#CC(I)OC(=O)C(C)N. The Labute approximate surface area is 73.4 Å². The van der Waals surface area contributed by atoms with Gasteiger partial charge in [-0.25, -0.2) is 0 Å². The Balaban J connectivity index is 3.71. The van der Waals surface area contributed by atoms with Crippen LogP contribution in [0, 0.1) is 12.3 Å². The Morgan fingerprint density at radius 1 is 1.90 bits per heavy atom. The van der Waals surface area contributed by atoms with Crippen LogP contribution < -0.4 is 5.73 Å². The monoisotopic (exact) mass is 253 g/mol. The average Bonchev–Trinajstić information content (AvgIpc) is 1.87. The summed E-state index contributed by atoms with van der Waals surface area (Å²) in [7, 11) is 0. The molecular formula is C6H8INO2.